The van der Waals surface area contributed by atoms with Gasteiger partial charge in [-0.3, -0.25) is 4.79 Å². The Labute approximate surface area is 114 Å². The zero-order valence-corrected chi connectivity index (χ0v) is 11.4. The number of aryl methyl sites for hydroxylation is 1. The van der Waals surface area contributed by atoms with Gasteiger partial charge in [-0.15, -0.1) is 0 Å². The van der Waals surface area contributed by atoms with Crippen molar-refractivity contribution < 1.29 is 4.79 Å². The van der Waals surface area contributed by atoms with Crippen LogP contribution in [0, 0.1) is 0 Å². The number of rotatable bonds is 4. The van der Waals surface area contributed by atoms with E-state index in [-0.39, 0.29) is 11.9 Å². The van der Waals surface area contributed by atoms with Gasteiger partial charge in [0.1, 0.15) is 0 Å². The van der Waals surface area contributed by atoms with E-state index in [1.165, 1.54) is 5.56 Å². The van der Waals surface area contributed by atoms with Gasteiger partial charge in [0.25, 0.3) is 5.91 Å². The molecule has 1 unspecified atom stereocenters. The fourth-order valence-electron chi connectivity index (χ4n) is 2.04. The number of nitrogens with one attached hydrogen (secondary N) is 1. The number of carbonyl (C=O) groups is 1. The van der Waals surface area contributed by atoms with E-state index < -0.39 is 0 Å². The summed E-state index contributed by atoms with van der Waals surface area (Å²) in [5.74, 6) is -0.0216. The van der Waals surface area contributed by atoms with Gasteiger partial charge in [0, 0.05) is 5.56 Å². The maximum atomic E-state index is 12.2. The molecule has 2 aromatic rings. The minimum absolute atomic E-state index is 0.0129. The van der Waals surface area contributed by atoms with E-state index in [2.05, 4.69) is 12.2 Å². The van der Waals surface area contributed by atoms with Gasteiger partial charge in [0.2, 0.25) is 0 Å². The van der Waals surface area contributed by atoms with Gasteiger partial charge in [0.05, 0.1) is 6.04 Å². The van der Waals surface area contributed by atoms with Gasteiger partial charge in [-0.1, -0.05) is 49.4 Å². The Morgan fingerprint density at radius 3 is 2.53 bits per heavy atom. The van der Waals surface area contributed by atoms with Gasteiger partial charge < -0.3 is 5.32 Å². The first kappa shape index (κ1) is 13.3. The fourth-order valence-corrected chi connectivity index (χ4v) is 2.04. The first-order chi connectivity index (χ1) is 9.20. The van der Waals surface area contributed by atoms with Crippen LogP contribution in [0.5, 0.6) is 0 Å². The summed E-state index contributed by atoms with van der Waals surface area (Å²) < 4.78 is 0. The van der Waals surface area contributed by atoms with E-state index in [9.17, 15) is 4.79 Å². The summed E-state index contributed by atoms with van der Waals surface area (Å²) >= 11 is 0. The fraction of sp³-hybridized carbons (Fsp3) is 0.235. The molecule has 0 radical (unpaired) electrons. The van der Waals surface area contributed by atoms with Crippen LogP contribution in [0.4, 0.5) is 0 Å². The first-order valence-corrected chi connectivity index (χ1v) is 6.65. The molecule has 0 aliphatic heterocycles. The van der Waals surface area contributed by atoms with E-state index in [0.29, 0.717) is 0 Å². The highest BCUT2D eigenvalue weighted by molar-refractivity contribution is 5.94. The molecule has 2 nitrogen and oxygen atoms in total. The zero-order chi connectivity index (χ0) is 13.7. The number of carbonyl (C=O) groups excluding carboxylic acids is 1. The van der Waals surface area contributed by atoms with E-state index in [0.717, 1.165) is 17.5 Å². The largest absolute Gasteiger partial charge is 0.346 e. The first-order valence-electron chi connectivity index (χ1n) is 6.65. The maximum absolute atomic E-state index is 12.2. The summed E-state index contributed by atoms with van der Waals surface area (Å²) in [4.78, 5) is 12.2. The Hall–Kier alpha value is -2.09. The zero-order valence-electron chi connectivity index (χ0n) is 11.4. The second-order valence-corrected chi connectivity index (χ2v) is 4.66. The Morgan fingerprint density at radius 2 is 1.84 bits per heavy atom. The molecule has 98 valence electrons. The van der Waals surface area contributed by atoms with E-state index in [1.807, 2.05) is 61.5 Å². The van der Waals surface area contributed by atoms with Crippen molar-refractivity contribution in [3.8, 4) is 0 Å². The van der Waals surface area contributed by atoms with Crippen molar-refractivity contribution in [2.24, 2.45) is 0 Å². The van der Waals surface area contributed by atoms with Gasteiger partial charge >= 0.3 is 0 Å². The summed E-state index contributed by atoms with van der Waals surface area (Å²) in [5.41, 5.74) is 3.02. The second kappa shape index (κ2) is 6.19. The monoisotopic (exact) mass is 253 g/mol. The van der Waals surface area contributed by atoms with Gasteiger partial charge in [-0.05, 0) is 36.6 Å². The lowest BCUT2D eigenvalue weighted by molar-refractivity contribution is 0.0940. The van der Waals surface area contributed by atoms with Crippen LogP contribution in [-0.4, -0.2) is 5.91 Å². The third-order valence-electron chi connectivity index (χ3n) is 3.24. The second-order valence-electron chi connectivity index (χ2n) is 4.66. The van der Waals surface area contributed by atoms with Crippen molar-refractivity contribution in [3.05, 3.63) is 71.3 Å². The lowest BCUT2D eigenvalue weighted by Crippen LogP contribution is -2.26. The number of benzene rings is 2. The molecular formula is C17H19NO. The molecule has 1 atom stereocenters. The minimum Gasteiger partial charge on any atom is -0.346 e. The van der Waals surface area contributed by atoms with Crippen molar-refractivity contribution in [1.29, 1.82) is 0 Å². The Balaban J connectivity index is 2.08. The maximum Gasteiger partial charge on any atom is 0.251 e. The van der Waals surface area contributed by atoms with Crippen LogP contribution in [0.3, 0.4) is 0 Å². The molecule has 0 spiro atoms. The van der Waals surface area contributed by atoms with Crippen molar-refractivity contribution in [3.63, 3.8) is 0 Å². The van der Waals surface area contributed by atoms with Gasteiger partial charge in [-0.25, -0.2) is 0 Å². The summed E-state index contributed by atoms with van der Waals surface area (Å²) in [6, 6.07) is 17.8. The molecule has 2 rings (SSSR count). The van der Waals surface area contributed by atoms with E-state index in [4.69, 9.17) is 0 Å². The van der Waals surface area contributed by atoms with Gasteiger partial charge in [-0.2, -0.15) is 0 Å². The molecule has 2 heteroatoms. The van der Waals surface area contributed by atoms with Crippen LogP contribution < -0.4 is 5.32 Å². The lowest BCUT2D eigenvalue weighted by atomic mass is 10.1. The highest BCUT2D eigenvalue weighted by Gasteiger charge is 2.11. The average molecular weight is 253 g/mol. The van der Waals surface area contributed by atoms with Gasteiger partial charge in [0.15, 0.2) is 0 Å². The molecular weight excluding hydrogens is 234 g/mol. The van der Waals surface area contributed by atoms with Crippen molar-refractivity contribution in [1.82, 2.24) is 5.32 Å². The third kappa shape index (κ3) is 3.44. The predicted octanol–water partition coefficient (Wildman–Crippen LogP) is 3.74. The molecule has 0 aliphatic carbocycles. The number of hydrogen-bond acceptors (Lipinski definition) is 1. The Bertz CT molecular complexity index is 548. The van der Waals surface area contributed by atoms with Crippen molar-refractivity contribution >= 4 is 5.91 Å². The molecule has 2 aromatic carbocycles. The predicted molar refractivity (Wildman–Crippen MR) is 78.1 cm³/mol. The highest BCUT2D eigenvalue weighted by Crippen LogP contribution is 2.13. The third-order valence-corrected chi connectivity index (χ3v) is 3.24. The van der Waals surface area contributed by atoms with E-state index >= 15 is 0 Å². The Kier molecular flexibility index (Phi) is 4.35. The summed E-state index contributed by atoms with van der Waals surface area (Å²) in [6.45, 7) is 4.08. The molecule has 19 heavy (non-hydrogen) atoms. The van der Waals surface area contributed by atoms with E-state index in [1.54, 1.807) is 0 Å². The quantitative estimate of drug-likeness (QED) is 0.883. The smallest absolute Gasteiger partial charge is 0.251 e. The van der Waals surface area contributed by atoms with Crippen LogP contribution >= 0.6 is 0 Å². The molecule has 0 aromatic heterocycles. The Morgan fingerprint density at radius 1 is 1.11 bits per heavy atom. The standard InChI is InChI=1S/C17H19NO/c1-3-14-8-7-11-16(12-14)17(19)18-13(2)15-9-5-4-6-10-15/h4-13H,3H2,1-2H3,(H,18,19). The van der Waals surface area contributed by atoms with Crippen molar-refractivity contribution in [2.45, 2.75) is 26.3 Å². The molecule has 1 N–H and O–H groups in total. The molecule has 0 saturated heterocycles. The topological polar surface area (TPSA) is 29.1 Å². The van der Waals surface area contributed by atoms with Crippen LogP contribution in [0.25, 0.3) is 0 Å². The van der Waals surface area contributed by atoms with Crippen LogP contribution in [0.2, 0.25) is 0 Å². The van der Waals surface area contributed by atoms with Crippen molar-refractivity contribution in [2.75, 3.05) is 0 Å². The average Bonchev–Trinajstić information content (AvgIpc) is 2.48. The SMILES string of the molecule is CCc1cccc(C(=O)NC(C)c2ccccc2)c1. The minimum atomic E-state index is -0.0216. The van der Waals surface area contributed by atoms with Crippen LogP contribution in [0.1, 0.15) is 41.4 Å². The molecule has 0 aliphatic rings. The summed E-state index contributed by atoms with van der Waals surface area (Å²) in [5, 5.41) is 3.02. The van der Waals surface area contributed by atoms with Crippen LogP contribution in [0.15, 0.2) is 54.6 Å². The molecule has 0 fully saturated rings. The molecule has 0 heterocycles. The highest BCUT2D eigenvalue weighted by atomic mass is 16.1. The number of amides is 1. The normalized spacial score (nSPS) is 11.9. The lowest BCUT2D eigenvalue weighted by Gasteiger charge is -2.14. The summed E-state index contributed by atoms with van der Waals surface area (Å²) in [7, 11) is 0. The van der Waals surface area contributed by atoms with Crippen LogP contribution in [-0.2, 0) is 6.42 Å². The molecule has 1 amide bonds. The summed E-state index contributed by atoms with van der Waals surface area (Å²) in [6.07, 6.45) is 0.940. The number of hydrogen-bond donors (Lipinski definition) is 1. The molecule has 0 bridgehead atoms. The molecule has 0 saturated carbocycles.